The summed E-state index contributed by atoms with van der Waals surface area (Å²) in [6.45, 7) is 10.6. The molecule has 0 spiro atoms. The molecule has 17 heavy (non-hydrogen) atoms. The lowest BCUT2D eigenvalue weighted by Gasteiger charge is -2.56. The van der Waals surface area contributed by atoms with Gasteiger partial charge in [0.05, 0.1) is 18.8 Å². The first-order chi connectivity index (χ1) is 8.14. The van der Waals surface area contributed by atoms with Crippen LogP contribution < -0.4 is 5.32 Å². The van der Waals surface area contributed by atoms with Gasteiger partial charge in [0.15, 0.2) is 0 Å². The molecule has 1 rings (SSSR count). The minimum atomic E-state index is 0.199. The molecule has 0 aromatic carbocycles. The maximum Gasteiger partial charge on any atom is 0.0784 e. The van der Waals surface area contributed by atoms with Crippen LogP contribution in [0.4, 0.5) is 0 Å². The summed E-state index contributed by atoms with van der Waals surface area (Å²) in [5.74, 6) is 0. The summed E-state index contributed by atoms with van der Waals surface area (Å²) < 4.78 is 11.3. The molecule has 3 heteroatoms. The summed E-state index contributed by atoms with van der Waals surface area (Å²) in [6.07, 6.45) is 4.11. The Morgan fingerprint density at radius 1 is 1.29 bits per heavy atom. The van der Waals surface area contributed by atoms with Gasteiger partial charge in [0.2, 0.25) is 0 Å². The lowest BCUT2D eigenvalue weighted by molar-refractivity contribution is -0.171. The third-order valence-corrected chi connectivity index (χ3v) is 4.35. The first-order valence-electron chi connectivity index (χ1n) is 7.02. The Bertz CT molecular complexity index is 216. The number of hydrogen-bond acceptors (Lipinski definition) is 3. The fraction of sp³-hybridized carbons (Fsp3) is 1.00. The lowest BCUT2D eigenvalue weighted by Crippen LogP contribution is -2.64. The van der Waals surface area contributed by atoms with Crippen molar-refractivity contribution in [2.24, 2.45) is 5.41 Å². The first-order valence-corrected chi connectivity index (χ1v) is 7.02. The SMILES string of the molecule is CCNC1CC(OC(C)COC)C1(CC)CC. The van der Waals surface area contributed by atoms with E-state index in [0.717, 1.165) is 13.0 Å². The average molecular weight is 243 g/mol. The van der Waals surface area contributed by atoms with E-state index >= 15 is 0 Å². The topological polar surface area (TPSA) is 30.5 Å². The van der Waals surface area contributed by atoms with Crippen LogP contribution in [0.25, 0.3) is 0 Å². The summed E-state index contributed by atoms with van der Waals surface area (Å²) in [6, 6.07) is 0.627. The molecule has 1 aliphatic carbocycles. The Balaban J connectivity index is 2.56. The van der Waals surface area contributed by atoms with Crippen LogP contribution in [0.5, 0.6) is 0 Å². The maximum atomic E-state index is 6.14. The van der Waals surface area contributed by atoms with Crippen LogP contribution in [-0.2, 0) is 9.47 Å². The molecule has 0 amide bonds. The van der Waals surface area contributed by atoms with E-state index in [-0.39, 0.29) is 6.10 Å². The molecule has 0 radical (unpaired) electrons. The van der Waals surface area contributed by atoms with Crippen molar-refractivity contribution in [3.05, 3.63) is 0 Å². The van der Waals surface area contributed by atoms with Gasteiger partial charge in [0.1, 0.15) is 0 Å². The highest BCUT2D eigenvalue weighted by atomic mass is 16.5. The highest BCUT2D eigenvalue weighted by molar-refractivity contribution is 5.06. The summed E-state index contributed by atoms with van der Waals surface area (Å²) in [5, 5.41) is 3.60. The predicted molar refractivity (Wildman–Crippen MR) is 71.3 cm³/mol. The van der Waals surface area contributed by atoms with Gasteiger partial charge in [-0.15, -0.1) is 0 Å². The number of nitrogens with one attached hydrogen (secondary N) is 1. The molecule has 1 N–H and O–H groups in total. The average Bonchev–Trinajstić information content (AvgIpc) is 2.30. The Morgan fingerprint density at radius 2 is 1.94 bits per heavy atom. The second kappa shape index (κ2) is 6.72. The van der Waals surface area contributed by atoms with Crippen molar-refractivity contribution in [3.63, 3.8) is 0 Å². The molecular weight excluding hydrogens is 214 g/mol. The van der Waals surface area contributed by atoms with E-state index in [9.17, 15) is 0 Å². The maximum absolute atomic E-state index is 6.14. The molecule has 1 fully saturated rings. The van der Waals surface area contributed by atoms with Gasteiger partial charge in [-0.3, -0.25) is 0 Å². The summed E-state index contributed by atoms with van der Waals surface area (Å²) in [7, 11) is 1.73. The van der Waals surface area contributed by atoms with Crippen LogP contribution in [0.2, 0.25) is 0 Å². The van der Waals surface area contributed by atoms with Crippen molar-refractivity contribution in [1.29, 1.82) is 0 Å². The first kappa shape index (κ1) is 14.9. The van der Waals surface area contributed by atoms with Crippen molar-refractivity contribution in [2.45, 2.75) is 65.2 Å². The highest BCUT2D eigenvalue weighted by Crippen LogP contribution is 2.49. The third kappa shape index (κ3) is 3.01. The van der Waals surface area contributed by atoms with Crippen LogP contribution in [0.3, 0.4) is 0 Å². The normalized spacial score (nSPS) is 28.8. The van der Waals surface area contributed by atoms with Crippen LogP contribution in [-0.4, -0.2) is 38.5 Å². The van der Waals surface area contributed by atoms with Crippen molar-refractivity contribution in [1.82, 2.24) is 5.32 Å². The minimum absolute atomic E-state index is 0.199. The second-order valence-electron chi connectivity index (χ2n) is 5.18. The van der Waals surface area contributed by atoms with Crippen molar-refractivity contribution >= 4 is 0 Å². The molecule has 0 saturated heterocycles. The third-order valence-electron chi connectivity index (χ3n) is 4.35. The van der Waals surface area contributed by atoms with Gasteiger partial charge in [0.25, 0.3) is 0 Å². The molecule has 3 unspecified atom stereocenters. The van der Waals surface area contributed by atoms with Gasteiger partial charge in [-0.05, 0) is 32.7 Å². The van der Waals surface area contributed by atoms with E-state index < -0.39 is 0 Å². The molecule has 0 aliphatic heterocycles. The van der Waals surface area contributed by atoms with E-state index in [1.54, 1.807) is 7.11 Å². The van der Waals surface area contributed by atoms with Crippen molar-refractivity contribution in [3.8, 4) is 0 Å². The molecule has 0 aromatic heterocycles. The quantitative estimate of drug-likeness (QED) is 0.711. The number of ether oxygens (including phenoxy) is 2. The summed E-state index contributed by atoms with van der Waals surface area (Å²) in [5.41, 5.74) is 0.331. The number of hydrogen-bond donors (Lipinski definition) is 1. The van der Waals surface area contributed by atoms with Gasteiger partial charge < -0.3 is 14.8 Å². The second-order valence-corrected chi connectivity index (χ2v) is 5.18. The molecule has 0 bridgehead atoms. The molecule has 102 valence electrons. The van der Waals surface area contributed by atoms with Crippen LogP contribution in [0.15, 0.2) is 0 Å². The van der Waals surface area contributed by atoms with E-state index in [1.165, 1.54) is 12.8 Å². The van der Waals surface area contributed by atoms with E-state index in [0.29, 0.717) is 24.2 Å². The molecule has 1 aliphatic rings. The largest absolute Gasteiger partial charge is 0.382 e. The van der Waals surface area contributed by atoms with Gasteiger partial charge in [0, 0.05) is 18.6 Å². The minimum Gasteiger partial charge on any atom is -0.382 e. The zero-order valence-electron chi connectivity index (χ0n) is 12.1. The van der Waals surface area contributed by atoms with E-state index in [4.69, 9.17) is 9.47 Å². The Labute approximate surface area is 106 Å². The van der Waals surface area contributed by atoms with Crippen molar-refractivity contribution < 1.29 is 9.47 Å². The molecule has 3 nitrogen and oxygen atoms in total. The molecule has 3 atom stereocenters. The van der Waals surface area contributed by atoms with Gasteiger partial charge in [-0.25, -0.2) is 0 Å². The Kier molecular flexibility index (Phi) is 5.90. The Morgan fingerprint density at radius 3 is 2.41 bits per heavy atom. The Hall–Kier alpha value is -0.120. The monoisotopic (exact) mass is 243 g/mol. The molecule has 1 saturated carbocycles. The molecule has 0 heterocycles. The van der Waals surface area contributed by atoms with E-state index in [2.05, 4.69) is 33.0 Å². The zero-order valence-corrected chi connectivity index (χ0v) is 12.1. The highest BCUT2D eigenvalue weighted by Gasteiger charge is 2.53. The van der Waals surface area contributed by atoms with Crippen LogP contribution in [0, 0.1) is 5.41 Å². The standard InChI is InChI=1S/C14H29NO2/c1-6-14(7-2)12(15-8-3)9-13(14)17-11(4)10-16-5/h11-13,15H,6-10H2,1-5H3. The smallest absolute Gasteiger partial charge is 0.0784 e. The van der Waals surface area contributed by atoms with Gasteiger partial charge >= 0.3 is 0 Å². The lowest BCUT2D eigenvalue weighted by atomic mass is 9.58. The fourth-order valence-corrected chi connectivity index (χ4v) is 3.22. The summed E-state index contributed by atoms with van der Waals surface area (Å²) in [4.78, 5) is 0. The van der Waals surface area contributed by atoms with Gasteiger partial charge in [-0.2, -0.15) is 0 Å². The van der Waals surface area contributed by atoms with Crippen molar-refractivity contribution in [2.75, 3.05) is 20.3 Å². The number of rotatable bonds is 8. The van der Waals surface area contributed by atoms with Gasteiger partial charge in [-0.1, -0.05) is 20.8 Å². The summed E-state index contributed by atoms with van der Waals surface area (Å²) >= 11 is 0. The molecule has 0 aromatic rings. The number of methoxy groups -OCH3 is 1. The van der Waals surface area contributed by atoms with Crippen LogP contribution >= 0.6 is 0 Å². The van der Waals surface area contributed by atoms with E-state index in [1.807, 2.05) is 0 Å². The zero-order chi connectivity index (χ0) is 12.9. The predicted octanol–water partition coefficient (Wildman–Crippen LogP) is 2.59. The van der Waals surface area contributed by atoms with Crippen LogP contribution in [0.1, 0.15) is 47.0 Å². The fourth-order valence-electron chi connectivity index (χ4n) is 3.22. The molecular formula is C14H29NO2.